The first-order valence-corrected chi connectivity index (χ1v) is 12.6. The van der Waals surface area contributed by atoms with Gasteiger partial charge in [-0.05, 0) is 18.6 Å². The number of nitrogens with zero attached hydrogens (tertiary/aromatic N) is 4. The fourth-order valence-electron chi connectivity index (χ4n) is 3.53. The summed E-state index contributed by atoms with van der Waals surface area (Å²) in [6.07, 6.45) is 0.407. The second-order valence-corrected chi connectivity index (χ2v) is 10.6. The summed E-state index contributed by atoms with van der Waals surface area (Å²) in [6, 6.07) is 11.9. The second-order valence-electron chi connectivity index (χ2n) is 7.45. The Labute approximate surface area is 188 Å². The molecule has 1 unspecified atom stereocenters. The standard InChI is InChI=1S/C21H20F2N4O3S2/c1-26(16-9-10-32(29,30)13-16)19(28)12-31-21-25-24-20(14-5-3-2-4-6-14)27(21)18-8-7-15(22)11-17(18)23/h2-8,11,16H,9-10,12-13H2,1H3. The minimum atomic E-state index is -3.12. The van der Waals surface area contributed by atoms with Gasteiger partial charge in [0.1, 0.15) is 11.6 Å². The second kappa shape index (κ2) is 8.99. The quantitative estimate of drug-likeness (QED) is 0.507. The summed E-state index contributed by atoms with van der Waals surface area (Å²) in [4.78, 5) is 14.1. The molecule has 2 aromatic carbocycles. The van der Waals surface area contributed by atoms with Crippen molar-refractivity contribution in [3.05, 3.63) is 60.2 Å². The van der Waals surface area contributed by atoms with Gasteiger partial charge in [0.15, 0.2) is 20.8 Å². The summed E-state index contributed by atoms with van der Waals surface area (Å²) in [5.41, 5.74) is 0.732. The van der Waals surface area contributed by atoms with E-state index >= 15 is 0 Å². The number of carbonyl (C=O) groups excluding carboxylic acids is 1. The molecule has 11 heteroatoms. The maximum Gasteiger partial charge on any atom is 0.233 e. The summed E-state index contributed by atoms with van der Waals surface area (Å²) in [5, 5.41) is 8.57. The third kappa shape index (κ3) is 4.68. The van der Waals surface area contributed by atoms with Crippen LogP contribution in [0.1, 0.15) is 6.42 Å². The SMILES string of the molecule is CN(C(=O)CSc1nnc(-c2ccccc2)n1-c1ccc(F)cc1F)C1CCS(=O)(=O)C1. The first kappa shape index (κ1) is 22.4. The number of thioether (sulfide) groups is 1. The molecule has 2 heterocycles. The first-order valence-electron chi connectivity index (χ1n) is 9.80. The van der Waals surface area contributed by atoms with Crippen LogP contribution in [0, 0.1) is 11.6 Å². The van der Waals surface area contributed by atoms with Crippen LogP contribution in [0.25, 0.3) is 17.1 Å². The Hall–Kier alpha value is -2.79. The third-order valence-electron chi connectivity index (χ3n) is 5.29. The molecule has 0 aliphatic carbocycles. The molecule has 0 saturated carbocycles. The average molecular weight is 479 g/mol. The van der Waals surface area contributed by atoms with Gasteiger partial charge in [0, 0.05) is 24.7 Å². The molecule has 32 heavy (non-hydrogen) atoms. The average Bonchev–Trinajstić information content (AvgIpc) is 3.35. The molecule has 0 spiro atoms. The van der Waals surface area contributed by atoms with E-state index in [-0.39, 0.29) is 40.1 Å². The van der Waals surface area contributed by atoms with E-state index < -0.39 is 21.5 Å². The Morgan fingerprint density at radius 2 is 1.94 bits per heavy atom. The van der Waals surface area contributed by atoms with Crippen LogP contribution in [0.3, 0.4) is 0 Å². The van der Waals surface area contributed by atoms with Gasteiger partial charge in [-0.3, -0.25) is 9.36 Å². The van der Waals surface area contributed by atoms with Crippen molar-refractivity contribution in [3.8, 4) is 17.1 Å². The van der Waals surface area contributed by atoms with E-state index in [0.29, 0.717) is 17.8 Å². The highest BCUT2D eigenvalue weighted by Crippen LogP contribution is 2.30. The first-order chi connectivity index (χ1) is 15.2. The largest absolute Gasteiger partial charge is 0.341 e. The molecule has 1 amide bonds. The predicted molar refractivity (Wildman–Crippen MR) is 117 cm³/mol. The molecule has 3 aromatic rings. The van der Waals surface area contributed by atoms with E-state index in [1.807, 2.05) is 6.07 Å². The Bertz CT molecular complexity index is 1250. The van der Waals surface area contributed by atoms with Crippen molar-refractivity contribution < 1.29 is 22.0 Å². The van der Waals surface area contributed by atoms with E-state index in [1.165, 1.54) is 15.5 Å². The third-order valence-corrected chi connectivity index (χ3v) is 7.95. The number of benzene rings is 2. The van der Waals surface area contributed by atoms with E-state index in [0.717, 1.165) is 23.9 Å². The lowest BCUT2D eigenvalue weighted by molar-refractivity contribution is -0.128. The molecule has 1 aliphatic heterocycles. The lowest BCUT2D eigenvalue weighted by atomic mass is 10.2. The molecule has 1 aliphatic rings. The van der Waals surface area contributed by atoms with Crippen LogP contribution < -0.4 is 0 Å². The van der Waals surface area contributed by atoms with Crippen LogP contribution in [0.2, 0.25) is 0 Å². The highest BCUT2D eigenvalue weighted by Gasteiger charge is 2.33. The van der Waals surface area contributed by atoms with Gasteiger partial charge in [-0.15, -0.1) is 10.2 Å². The van der Waals surface area contributed by atoms with Crippen molar-refractivity contribution in [1.82, 2.24) is 19.7 Å². The smallest absolute Gasteiger partial charge is 0.233 e. The van der Waals surface area contributed by atoms with Crippen molar-refractivity contribution in [2.24, 2.45) is 0 Å². The molecular weight excluding hydrogens is 458 g/mol. The number of hydrogen-bond donors (Lipinski definition) is 0. The fourth-order valence-corrected chi connectivity index (χ4v) is 6.17. The van der Waals surface area contributed by atoms with E-state index in [1.54, 1.807) is 31.3 Å². The van der Waals surface area contributed by atoms with E-state index in [9.17, 15) is 22.0 Å². The van der Waals surface area contributed by atoms with Crippen LogP contribution in [0.15, 0.2) is 53.7 Å². The topological polar surface area (TPSA) is 85.2 Å². The molecule has 0 radical (unpaired) electrons. The van der Waals surface area contributed by atoms with Gasteiger partial charge in [-0.2, -0.15) is 0 Å². The Morgan fingerprint density at radius 1 is 1.19 bits per heavy atom. The number of rotatable bonds is 6. The zero-order valence-electron chi connectivity index (χ0n) is 17.1. The number of amides is 1. The predicted octanol–water partition coefficient (Wildman–Crippen LogP) is 2.95. The van der Waals surface area contributed by atoms with Crippen LogP contribution >= 0.6 is 11.8 Å². The molecule has 7 nitrogen and oxygen atoms in total. The van der Waals surface area contributed by atoms with Crippen molar-refractivity contribution in [2.75, 3.05) is 24.3 Å². The fraction of sp³-hybridized carbons (Fsp3) is 0.286. The lowest BCUT2D eigenvalue weighted by Gasteiger charge is -2.23. The Kier molecular flexibility index (Phi) is 6.29. The summed E-state index contributed by atoms with van der Waals surface area (Å²) in [6.45, 7) is 0. The minimum absolute atomic E-state index is 0.0389. The van der Waals surface area contributed by atoms with Crippen molar-refractivity contribution in [1.29, 1.82) is 0 Å². The highest BCUT2D eigenvalue weighted by atomic mass is 32.2. The van der Waals surface area contributed by atoms with Gasteiger partial charge in [0.05, 0.1) is 22.9 Å². The minimum Gasteiger partial charge on any atom is -0.341 e. The van der Waals surface area contributed by atoms with Crippen molar-refractivity contribution in [2.45, 2.75) is 17.6 Å². The normalized spacial score (nSPS) is 17.4. The van der Waals surface area contributed by atoms with Crippen molar-refractivity contribution >= 4 is 27.5 Å². The van der Waals surface area contributed by atoms with Gasteiger partial charge in [-0.1, -0.05) is 42.1 Å². The van der Waals surface area contributed by atoms with Crippen LogP contribution in [0.5, 0.6) is 0 Å². The summed E-state index contributed by atoms with van der Waals surface area (Å²) in [5.74, 6) is -1.44. The van der Waals surface area contributed by atoms with E-state index in [2.05, 4.69) is 10.2 Å². The van der Waals surface area contributed by atoms with Crippen LogP contribution in [0.4, 0.5) is 8.78 Å². The maximum atomic E-state index is 14.6. The highest BCUT2D eigenvalue weighted by molar-refractivity contribution is 7.99. The van der Waals surface area contributed by atoms with Gasteiger partial charge in [0.2, 0.25) is 5.91 Å². The zero-order chi connectivity index (χ0) is 22.9. The summed E-state index contributed by atoms with van der Waals surface area (Å²) >= 11 is 1.05. The summed E-state index contributed by atoms with van der Waals surface area (Å²) < 4.78 is 53.0. The number of halogens is 2. The molecule has 0 N–H and O–H groups in total. The molecule has 1 fully saturated rings. The Balaban J connectivity index is 1.61. The zero-order valence-corrected chi connectivity index (χ0v) is 18.7. The molecule has 1 saturated heterocycles. The summed E-state index contributed by atoms with van der Waals surface area (Å²) in [7, 11) is -1.54. The molecule has 1 atom stereocenters. The van der Waals surface area contributed by atoms with Gasteiger partial charge >= 0.3 is 0 Å². The number of aromatic nitrogens is 3. The van der Waals surface area contributed by atoms with E-state index in [4.69, 9.17) is 0 Å². The van der Waals surface area contributed by atoms with Gasteiger partial charge < -0.3 is 4.90 Å². The molecule has 168 valence electrons. The number of hydrogen-bond acceptors (Lipinski definition) is 6. The van der Waals surface area contributed by atoms with Crippen LogP contribution in [-0.4, -0.2) is 64.3 Å². The molecular formula is C21H20F2N4O3S2. The van der Waals surface area contributed by atoms with Gasteiger partial charge in [0.25, 0.3) is 0 Å². The maximum absolute atomic E-state index is 14.6. The molecule has 0 bridgehead atoms. The Morgan fingerprint density at radius 3 is 2.59 bits per heavy atom. The number of carbonyl (C=O) groups is 1. The lowest BCUT2D eigenvalue weighted by Crippen LogP contribution is -2.38. The molecule has 1 aromatic heterocycles. The van der Waals surface area contributed by atoms with Crippen molar-refractivity contribution in [3.63, 3.8) is 0 Å². The molecule has 4 rings (SSSR count). The number of sulfone groups is 1. The van der Waals surface area contributed by atoms with Crippen LogP contribution in [-0.2, 0) is 14.6 Å². The van der Waals surface area contributed by atoms with Gasteiger partial charge in [-0.25, -0.2) is 17.2 Å². The monoisotopic (exact) mass is 478 g/mol.